The number of nitrogens with zero attached hydrogens (tertiary/aromatic N) is 3. The van der Waals surface area contributed by atoms with E-state index in [-0.39, 0.29) is 5.69 Å². The molecule has 7 heteroatoms. The topological polar surface area (TPSA) is 57.0 Å². The SMILES string of the molecule is COC(=O)c1cccc(-c2cnn(CC(F)F)c2)n1. The maximum Gasteiger partial charge on any atom is 0.356 e. The fraction of sp³-hybridized carbons (Fsp3) is 0.250. The van der Waals surface area contributed by atoms with Crippen molar-refractivity contribution in [2.24, 2.45) is 0 Å². The number of pyridine rings is 1. The molecule has 100 valence electrons. The number of carbonyl (C=O) groups excluding carboxylic acids is 1. The lowest BCUT2D eigenvalue weighted by Gasteiger charge is -2.01. The van der Waals surface area contributed by atoms with Crippen LogP contribution in [0.4, 0.5) is 8.78 Å². The minimum absolute atomic E-state index is 0.154. The maximum atomic E-state index is 12.2. The van der Waals surface area contributed by atoms with Crippen LogP contribution in [-0.4, -0.2) is 34.3 Å². The predicted molar refractivity (Wildman–Crippen MR) is 62.8 cm³/mol. The average molecular weight is 267 g/mol. The summed E-state index contributed by atoms with van der Waals surface area (Å²) in [4.78, 5) is 15.4. The van der Waals surface area contributed by atoms with Crippen LogP contribution in [0.2, 0.25) is 0 Å². The molecule has 2 aromatic rings. The van der Waals surface area contributed by atoms with E-state index in [4.69, 9.17) is 0 Å². The molecule has 0 bridgehead atoms. The third-order valence-corrected chi connectivity index (χ3v) is 2.40. The van der Waals surface area contributed by atoms with Gasteiger partial charge in [-0.1, -0.05) is 6.07 Å². The van der Waals surface area contributed by atoms with Crippen molar-refractivity contribution in [2.75, 3.05) is 7.11 Å². The molecule has 5 nitrogen and oxygen atoms in total. The average Bonchev–Trinajstić information content (AvgIpc) is 2.85. The van der Waals surface area contributed by atoms with E-state index in [9.17, 15) is 13.6 Å². The highest BCUT2D eigenvalue weighted by Gasteiger charge is 2.11. The molecule has 0 aliphatic heterocycles. The zero-order chi connectivity index (χ0) is 13.8. The Kier molecular flexibility index (Phi) is 3.84. The Labute approximate surface area is 107 Å². The van der Waals surface area contributed by atoms with E-state index in [1.165, 1.54) is 25.6 Å². The first-order chi connectivity index (χ1) is 9.10. The van der Waals surface area contributed by atoms with Gasteiger partial charge in [0.15, 0.2) is 0 Å². The summed E-state index contributed by atoms with van der Waals surface area (Å²) < 4.78 is 30.1. The fourth-order valence-corrected chi connectivity index (χ4v) is 1.55. The molecule has 2 rings (SSSR count). The Morgan fingerprint density at radius 2 is 2.26 bits per heavy atom. The highest BCUT2D eigenvalue weighted by molar-refractivity contribution is 5.87. The molecular weight excluding hydrogens is 256 g/mol. The third kappa shape index (κ3) is 3.12. The number of alkyl halides is 2. The summed E-state index contributed by atoms with van der Waals surface area (Å²) in [5.41, 5.74) is 1.19. The molecule has 0 atom stereocenters. The minimum atomic E-state index is -2.47. The molecule has 0 fully saturated rings. The first-order valence-corrected chi connectivity index (χ1v) is 5.46. The first kappa shape index (κ1) is 13.1. The van der Waals surface area contributed by atoms with Crippen LogP contribution < -0.4 is 0 Å². The molecule has 0 radical (unpaired) electrons. The van der Waals surface area contributed by atoms with Crippen molar-refractivity contribution in [2.45, 2.75) is 13.0 Å². The van der Waals surface area contributed by atoms with Crippen LogP contribution in [0.1, 0.15) is 10.5 Å². The Bertz CT molecular complexity index is 584. The molecule has 0 aliphatic rings. The molecule has 19 heavy (non-hydrogen) atoms. The minimum Gasteiger partial charge on any atom is -0.464 e. The van der Waals surface area contributed by atoms with Crippen molar-refractivity contribution in [3.05, 3.63) is 36.3 Å². The molecule has 2 aromatic heterocycles. The van der Waals surface area contributed by atoms with Gasteiger partial charge in [0.25, 0.3) is 6.43 Å². The highest BCUT2D eigenvalue weighted by Crippen LogP contribution is 2.17. The second-order valence-electron chi connectivity index (χ2n) is 3.74. The van der Waals surface area contributed by atoms with Crippen molar-refractivity contribution < 1.29 is 18.3 Å². The summed E-state index contributed by atoms with van der Waals surface area (Å²) in [6.45, 7) is -0.476. The highest BCUT2D eigenvalue weighted by atomic mass is 19.3. The molecular formula is C12H11F2N3O2. The monoisotopic (exact) mass is 267 g/mol. The fourth-order valence-electron chi connectivity index (χ4n) is 1.55. The van der Waals surface area contributed by atoms with Crippen LogP contribution in [0.25, 0.3) is 11.3 Å². The normalized spacial score (nSPS) is 10.7. The number of ether oxygens (including phenoxy) is 1. The summed E-state index contributed by atoms with van der Waals surface area (Å²) in [5.74, 6) is -0.554. The number of aromatic nitrogens is 3. The number of hydrogen-bond acceptors (Lipinski definition) is 4. The lowest BCUT2D eigenvalue weighted by atomic mass is 10.2. The molecule has 0 saturated heterocycles. The van der Waals surface area contributed by atoms with Gasteiger partial charge in [-0.05, 0) is 12.1 Å². The van der Waals surface area contributed by atoms with Crippen LogP contribution in [0.15, 0.2) is 30.6 Å². The van der Waals surface area contributed by atoms with Gasteiger partial charge < -0.3 is 4.74 Å². The molecule has 2 heterocycles. The van der Waals surface area contributed by atoms with Crippen LogP contribution in [0.5, 0.6) is 0 Å². The standard InChI is InChI=1S/C12H11F2N3O2/c1-19-12(18)10-4-2-3-9(16-10)8-5-15-17(6-8)7-11(13)14/h2-6,11H,7H2,1H3. The number of methoxy groups -OCH3 is 1. The van der Waals surface area contributed by atoms with Gasteiger partial charge in [0.2, 0.25) is 0 Å². The van der Waals surface area contributed by atoms with Gasteiger partial charge in [0.1, 0.15) is 12.2 Å². The van der Waals surface area contributed by atoms with Crippen molar-refractivity contribution >= 4 is 5.97 Å². The number of esters is 1. The largest absolute Gasteiger partial charge is 0.464 e. The smallest absolute Gasteiger partial charge is 0.356 e. The Hall–Kier alpha value is -2.31. The van der Waals surface area contributed by atoms with Crippen LogP contribution in [-0.2, 0) is 11.3 Å². The van der Waals surface area contributed by atoms with Gasteiger partial charge in [-0.3, -0.25) is 4.68 Å². The van der Waals surface area contributed by atoms with Crippen molar-refractivity contribution in [1.29, 1.82) is 0 Å². The summed E-state index contributed by atoms with van der Waals surface area (Å²) in [6.07, 6.45) is 0.406. The summed E-state index contributed by atoms with van der Waals surface area (Å²) in [7, 11) is 1.26. The molecule has 0 aliphatic carbocycles. The summed E-state index contributed by atoms with van der Waals surface area (Å²) >= 11 is 0. The molecule has 0 spiro atoms. The quantitative estimate of drug-likeness (QED) is 0.795. The van der Waals surface area contributed by atoms with Gasteiger partial charge in [-0.25, -0.2) is 18.6 Å². The van der Waals surface area contributed by atoms with Crippen LogP contribution >= 0.6 is 0 Å². The van der Waals surface area contributed by atoms with Crippen molar-refractivity contribution in [3.63, 3.8) is 0 Å². The Morgan fingerprint density at radius 1 is 1.47 bits per heavy atom. The lowest BCUT2D eigenvalue weighted by Crippen LogP contribution is -2.06. The van der Waals surface area contributed by atoms with Gasteiger partial charge in [-0.15, -0.1) is 0 Å². The number of carbonyl (C=O) groups is 1. The third-order valence-electron chi connectivity index (χ3n) is 2.40. The van der Waals surface area contributed by atoms with E-state index in [0.29, 0.717) is 11.3 Å². The maximum absolute atomic E-state index is 12.2. The molecule has 0 N–H and O–H groups in total. The van der Waals surface area contributed by atoms with E-state index >= 15 is 0 Å². The number of hydrogen-bond donors (Lipinski definition) is 0. The van der Waals surface area contributed by atoms with E-state index in [1.807, 2.05) is 0 Å². The summed E-state index contributed by atoms with van der Waals surface area (Å²) in [5, 5.41) is 3.81. The molecule has 0 aromatic carbocycles. The second-order valence-corrected chi connectivity index (χ2v) is 3.74. The number of halogens is 2. The lowest BCUT2D eigenvalue weighted by molar-refractivity contribution is 0.0594. The second kappa shape index (κ2) is 5.55. The van der Waals surface area contributed by atoms with Gasteiger partial charge in [0, 0.05) is 11.8 Å². The van der Waals surface area contributed by atoms with Crippen LogP contribution in [0, 0.1) is 0 Å². The van der Waals surface area contributed by atoms with E-state index in [1.54, 1.807) is 12.1 Å². The summed E-state index contributed by atoms with van der Waals surface area (Å²) in [6, 6.07) is 4.81. The van der Waals surface area contributed by atoms with Crippen LogP contribution in [0.3, 0.4) is 0 Å². The first-order valence-electron chi connectivity index (χ1n) is 5.46. The van der Waals surface area contributed by atoms with E-state index in [0.717, 1.165) is 4.68 Å². The zero-order valence-corrected chi connectivity index (χ0v) is 10.1. The molecule has 0 unspecified atom stereocenters. The van der Waals surface area contributed by atoms with E-state index < -0.39 is 18.9 Å². The molecule has 0 saturated carbocycles. The van der Waals surface area contributed by atoms with Gasteiger partial charge >= 0.3 is 5.97 Å². The zero-order valence-electron chi connectivity index (χ0n) is 10.1. The van der Waals surface area contributed by atoms with Gasteiger partial charge in [0.05, 0.1) is 19.0 Å². The van der Waals surface area contributed by atoms with Crippen molar-refractivity contribution in [3.8, 4) is 11.3 Å². The van der Waals surface area contributed by atoms with Gasteiger partial charge in [-0.2, -0.15) is 5.10 Å². The van der Waals surface area contributed by atoms with E-state index in [2.05, 4.69) is 14.8 Å². The predicted octanol–water partition coefficient (Wildman–Crippen LogP) is 2.00. The Balaban J connectivity index is 2.26. The Morgan fingerprint density at radius 3 is 2.95 bits per heavy atom. The number of rotatable bonds is 4. The molecule has 0 amide bonds. The van der Waals surface area contributed by atoms with Crippen molar-refractivity contribution in [1.82, 2.24) is 14.8 Å².